The van der Waals surface area contributed by atoms with Crippen molar-refractivity contribution in [3.05, 3.63) is 0 Å². The van der Waals surface area contributed by atoms with Gasteiger partial charge in [-0.1, -0.05) is 9.83 Å². The van der Waals surface area contributed by atoms with Crippen molar-refractivity contribution in [1.29, 1.82) is 0 Å². The second-order valence-electron chi connectivity index (χ2n) is 2.47. The van der Waals surface area contributed by atoms with E-state index >= 15 is 0 Å². The molecule has 1 atom stereocenters. The summed E-state index contributed by atoms with van der Waals surface area (Å²) < 4.78 is 17.2. The predicted octanol–water partition coefficient (Wildman–Crippen LogP) is 2.75. The number of carbonyl (C=O) groups excluding carboxylic acids is 1. The fourth-order valence-corrected chi connectivity index (χ4v) is 2.41. The van der Waals surface area contributed by atoms with Crippen LogP contribution in [0.25, 0.3) is 0 Å². The van der Waals surface area contributed by atoms with Gasteiger partial charge in [-0.15, -0.1) is 11.8 Å². The van der Waals surface area contributed by atoms with Gasteiger partial charge in [0.2, 0.25) is 0 Å². The van der Waals surface area contributed by atoms with Crippen molar-refractivity contribution in [2.24, 2.45) is 5.16 Å². The van der Waals surface area contributed by atoms with Crippen molar-refractivity contribution in [2.75, 3.05) is 26.4 Å². The third-order valence-electron chi connectivity index (χ3n) is 1.34. The lowest BCUT2D eigenvalue weighted by Crippen LogP contribution is -2.18. The molecule has 0 fully saturated rings. The molecule has 0 saturated carbocycles. The highest BCUT2D eigenvalue weighted by molar-refractivity contribution is 8.51. The van der Waals surface area contributed by atoms with Crippen LogP contribution in [0.3, 0.4) is 0 Å². The topological polar surface area (TPSA) is 68.2 Å². The summed E-state index contributed by atoms with van der Waals surface area (Å²) in [4.78, 5) is 15.9. The second-order valence-corrected chi connectivity index (χ2v) is 6.75. The summed E-state index contributed by atoms with van der Waals surface area (Å²) in [6.45, 7) is 1.71. The van der Waals surface area contributed by atoms with Crippen LogP contribution >= 0.6 is 30.3 Å². The highest BCUT2D eigenvalue weighted by Crippen LogP contribution is 2.40. The van der Waals surface area contributed by atoms with Gasteiger partial charge in [-0.05, 0) is 17.7 Å². The lowest BCUT2D eigenvalue weighted by atomic mass is 10.9. The number of hydrogen-bond donors (Lipinski definition) is 0. The minimum absolute atomic E-state index is 0.250. The molecule has 9 heteroatoms. The van der Waals surface area contributed by atoms with Gasteiger partial charge in [-0.2, -0.15) is 0 Å². The second kappa shape index (κ2) is 8.81. The van der Waals surface area contributed by atoms with Crippen molar-refractivity contribution in [3.8, 4) is 0 Å². The Morgan fingerprint density at radius 3 is 2.69 bits per heavy atom. The Bertz CT molecular complexity index is 288. The molecule has 0 spiro atoms. The van der Waals surface area contributed by atoms with Crippen LogP contribution in [0.4, 0.5) is 4.79 Å². The Balaban J connectivity index is 4.12. The quantitative estimate of drug-likeness (QED) is 0.193. The Labute approximate surface area is 104 Å². The van der Waals surface area contributed by atoms with Crippen molar-refractivity contribution in [3.63, 3.8) is 0 Å². The summed E-state index contributed by atoms with van der Waals surface area (Å²) in [5.74, 6) is 0.250. The summed E-state index contributed by atoms with van der Waals surface area (Å²) in [6.07, 6.45) is 1.06. The molecular weight excluding hydrogens is 271 g/mol. The van der Waals surface area contributed by atoms with E-state index in [0.717, 1.165) is 16.1 Å². The van der Waals surface area contributed by atoms with Crippen molar-refractivity contribution < 1.29 is 18.9 Å². The van der Waals surface area contributed by atoms with Crippen LogP contribution in [0.15, 0.2) is 5.16 Å². The van der Waals surface area contributed by atoms with Crippen molar-refractivity contribution in [1.82, 2.24) is 4.67 Å². The molecule has 0 heterocycles. The standard InChI is InChI=1S/C7H14N2O4PS2/c1-6(15-4)8-13-7(10)9(2)14(11)16-5-12-3/h5H2,1-4H3/q+1. The first-order chi connectivity index (χ1) is 7.52. The summed E-state index contributed by atoms with van der Waals surface area (Å²) in [6, 6.07) is 0. The molecule has 0 aromatic heterocycles. The molecule has 0 bridgehead atoms. The largest absolute Gasteiger partial charge is 0.545 e. The van der Waals surface area contributed by atoms with E-state index in [0.29, 0.717) is 5.04 Å². The Kier molecular flexibility index (Phi) is 8.64. The van der Waals surface area contributed by atoms with Crippen molar-refractivity contribution in [2.45, 2.75) is 6.92 Å². The first-order valence-electron chi connectivity index (χ1n) is 4.15. The molecule has 0 aromatic rings. The zero-order chi connectivity index (χ0) is 12.6. The van der Waals surface area contributed by atoms with Gasteiger partial charge in [0, 0.05) is 7.11 Å². The number of rotatable bonds is 5. The average Bonchev–Trinajstić information content (AvgIpc) is 2.31. The Morgan fingerprint density at radius 1 is 1.56 bits per heavy atom. The van der Waals surface area contributed by atoms with Gasteiger partial charge in [0.1, 0.15) is 11.0 Å². The third-order valence-corrected chi connectivity index (χ3v) is 4.93. The molecule has 0 aliphatic heterocycles. The van der Waals surface area contributed by atoms with E-state index in [1.54, 1.807) is 6.92 Å². The van der Waals surface area contributed by atoms with E-state index in [1.807, 2.05) is 6.26 Å². The van der Waals surface area contributed by atoms with Crippen molar-refractivity contribution >= 4 is 41.4 Å². The van der Waals surface area contributed by atoms with E-state index in [2.05, 4.69) is 9.99 Å². The fraction of sp³-hybridized carbons (Fsp3) is 0.714. The number of thioether (sulfide) groups is 1. The van der Waals surface area contributed by atoms with Crippen LogP contribution in [0, 0.1) is 0 Å². The minimum Gasteiger partial charge on any atom is -0.370 e. The molecular formula is C7H14N2O4PS2+. The molecule has 0 aliphatic carbocycles. The smallest absolute Gasteiger partial charge is 0.370 e. The molecule has 1 unspecified atom stereocenters. The maximum atomic E-state index is 11.5. The number of methoxy groups -OCH3 is 1. The maximum absolute atomic E-state index is 11.5. The molecule has 6 nitrogen and oxygen atoms in total. The van der Waals surface area contributed by atoms with Crippen LogP contribution < -0.4 is 0 Å². The van der Waals surface area contributed by atoms with Gasteiger partial charge in [-0.3, -0.25) is 4.84 Å². The zero-order valence-electron chi connectivity index (χ0n) is 9.50. The number of nitrogens with zero attached hydrogens (tertiary/aromatic N) is 2. The normalized spacial score (nSPS) is 12.2. The third kappa shape index (κ3) is 6.32. The maximum Gasteiger partial charge on any atom is 0.545 e. The fourth-order valence-electron chi connectivity index (χ4n) is 0.451. The first-order valence-corrected chi connectivity index (χ1v) is 8.18. The van der Waals surface area contributed by atoms with Crippen LogP contribution in [0.2, 0.25) is 0 Å². The number of amides is 1. The molecule has 1 amide bonds. The summed E-state index contributed by atoms with van der Waals surface area (Å²) in [5.41, 5.74) is 0. The molecule has 16 heavy (non-hydrogen) atoms. The van der Waals surface area contributed by atoms with Gasteiger partial charge in [-0.25, -0.2) is 4.79 Å². The van der Waals surface area contributed by atoms with E-state index < -0.39 is 13.2 Å². The predicted molar refractivity (Wildman–Crippen MR) is 67.9 cm³/mol. The lowest BCUT2D eigenvalue weighted by molar-refractivity contribution is 0.136. The van der Waals surface area contributed by atoms with E-state index in [4.69, 9.17) is 4.74 Å². The number of oxime groups is 1. The van der Waals surface area contributed by atoms with Crippen LogP contribution in [-0.4, -0.2) is 42.2 Å². The van der Waals surface area contributed by atoms with Crippen LogP contribution in [0.5, 0.6) is 0 Å². The molecule has 0 aliphatic rings. The van der Waals surface area contributed by atoms with Crippen LogP contribution in [0.1, 0.15) is 6.92 Å². The average molecular weight is 285 g/mol. The molecule has 0 aromatic carbocycles. The first kappa shape index (κ1) is 15.7. The highest BCUT2D eigenvalue weighted by atomic mass is 32.7. The lowest BCUT2D eigenvalue weighted by Gasteiger charge is -2.01. The number of carbonyl (C=O) groups is 1. The monoisotopic (exact) mass is 285 g/mol. The van der Waals surface area contributed by atoms with E-state index in [-0.39, 0.29) is 5.94 Å². The molecule has 0 saturated heterocycles. The highest BCUT2D eigenvalue weighted by Gasteiger charge is 2.32. The molecule has 0 radical (unpaired) electrons. The Hall–Kier alpha value is -0.300. The summed E-state index contributed by atoms with van der Waals surface area (Å²) in [5, 5.41) is 4.16. The number of hydrogen-bond acceptors (Lipinski definition) is 7. The summed E-state index contributed by atoms with van der Waals surface area (Å²) in [7, 11) is 0.972. The SMILES string of the molecule is COCS[P+](=O)N(C)C(=O)ON=C(C)SC. The van der Waals surface area contributed by atoms with Gasteiger partial charge in [0.25, 0.3) is 0 Å². The van der Waals surface area contributed by atoms with E-state index in [9.17, 15) is 9.36 Å². The van der Waals surface area contributed by atoms with E-state index in [1.165, 1.54) is 25.9 Å². The molecule has 92 valence electrons. The van der Waals surface area contributed by atoms with Gasteiger partial charge < -0.3 is 4.74 Å². The minimum atomic E-state index is -1.90. The zero-order valence-corrected chi connectivity index (χ0v) is 12.0. The molecule has 0 N–H and O–H groups in total. The van der Waals surface area contributed by atoms with Crippen LogP contribution in [-0.2, 0) is 14.1 Å². The van der Waals surface area contributed by atoms with Gasteiger partial charge >= 0.3 is 13.2 Å². The Morgan fingerprint density at radius 2 is 2.19 bits per heavy atom. The molecule has 0 rings (SSSR count). The van der Waals surface area contributed by atoms with Gasteiger partial charge in [0.05, 0.1) is 7.05 Å². The summed E-state index contributed by atoms with van der Waals surface area (Å²) >= 11 is 2.37. The van der Waals surface area contributed by atoms with Gasteiger partial charge in [0.15, 0.2) is 11.4 Å². The number of ether oxygens (including phenoxy) is 1.